The summed E-state index contributed by atoms with van der Waals surface area (Å²) in [5.74, 6) is 2.14. The minimum absolute atomic E-state index is 0.291. The van der Waals surface area contributed by atoms with E-state index in [0.29, 0.717) is 23.2 Å². The molecule has 0 aliphatic heterocycles. The lowest BCUT2D eigenvalue weighted by atomic mass is 10.1. The zero-order chi connectivity index (χ0) is 29.2. The lowest BCUT2D eigenvalue weighted by Gasteiger charge is -2.08. The third kappa shape index (κ3) is 5.04. The molecular formula is C34H26N6O3. The van der Waals surface area contributed by atoms with Gasteiger partial charge < -0.3 is 13.9 Å². The van der Waals surface area contributed by atoms with Crippen LogP contribution in [0.5, 0.6) is 11.5 Å². The molecule has 0 saturated carbocycles. The molecule has 0 spiro atoms. The summed E-state index contributed by atoms with van der Waals surface area (Å²) in [6.07, 6.45) is 0. The van der Waals surface area contributed by atoms with Crippen molar-refractivity contribution in [1.29, 1.82) is 0 Å². The molecule has 0 unspecified atom stereocenters. The fourth-order valence-corrected chi connectivity index (χ4v) is 4.87. The molecule has 9 heteroatoms. The molecule has 43 heavy (non-hydrogen) atoms. The van der Waals surface area contributed by atoms with E-state index in [0.717, 1.165) is 45.4 Å². The highest BCUT2D eigenvalue weighted by Gasteiger charge is 2.21. The van der Waals surface area contributed by atoms with Crippen LogP contribution in [0.25, 0.3) is 57.1 Å². The molecule has 3 aromatic heterocycles. The van der Waals surface area contributed by atoms with Crippen molar-refractivity contribution in [1.82, 2.24) is 29.8 Å². The van der Waals surface area contributed by atoms with Crippen LogP contribution in [0.4, 0.5) is 0 Å². The van der Waals surface area contributed by atoms with Crippen molar-refractivity contribution in [2.24, 2.45) is 0 Å². The van der Waals surface area contributed by atoms with E-state index in [1.807, 2.05) is 131 Å². The van der Waals surface area contributed by atoms with Crippen LogP contribution in [-0.2, 0) is 0 Å². The molecule has 0 radical (unpaired) electrons. The van der Waals surface area contributed by atoms with E-state index in [4.69, 9.17) is 24.1 Å². The normalized spacial score (nSPS) is 11.0. The van der Waals surface area contributed by atoms with Crippen molar-refractivity contribution in [2.45, 2.75) is 0 Å². The van der Waals surface area contributed by atoms with Crippen molar-refractivity contribution >= 4 is 0 Å². The van der Waals surface area contributed by atoms with Gasteiger partial charge in [0, 0.05) is 11.1 Å². The van der Waals surface area contributed by atoms with E-state index in [1.54, 1.807) is 14.2 Å². The lowest BCUT2D eigenvalue weighted by molar-refractivity contribution is 0.414. The van der Waals surface area contributed by atoms with Gasteiger partial charge in [0.05, 0.1) is 37.0 Å². The van der Waals surface area contributed by atoms with E-state index in [9.17, 15) is 0 Å². The number of hydrogen-bond acceptors (Lipinski definition) is 7. The minimum Gasteiger partial charge on any atom is -0.497 e. The molecule has 0 fully saturated rings. The van der Waals surface area contributed by atoms with Crippen LogP contribution in [0.1, 0.15) is 0 Å². The molecule has 3 heterocycles. The van der Waals surface area contributed by atoms with Gasteiger partial charge in [-0.25, -0.2) is 9.36 Å². The molecule has 0 atom stereocenters. The van der Waals surface area contributed by atoms with Crippen molar-refractivity contribution in [2.75, 3.05) is 14.2 Å². The summed E-state index contributed by atoms with van der Waals surface area (Å²) in [6, 6.07) is 39.4. The predicted molar refractivity (Wildman–Crippen MR) is 163 cm³/mol. The average molecular weight is 567 g/mol. The Labute approximate surface area is 247 Å². The molecular weight excluding hydrogens is 540 g/mol. The molecule has 0 N–H and O–H groups in total. The van der Waals surface area contributed by atoms with E-state index < -0.39 is 0 Å². The number of methoxy groups -OCH3 is 2. The zero-order valence-electron chi connectivity index (χ0n) is 23.5. The standard InChI is InChI=1S/C34H26N6O3/c1-41-27-17-13-23(14-18-27)31-21-29(37-39(31)25-9-5-3-6-10-25)33-35-36-34(43-33)30-22-32(24-15-19-28(42-2)20-16-24)40(38-30)26-11-7-4-8-12-26/h3-22H,1-2H3. The second-order valence-corrected chi connectivity index (χ2v) is 9.69. The Hall–Kier alpha value is -5.96. The Morgan fingerprint density at radius 3 is 1.28 bits per heavy atom. The van der Waals surface area contributed by atoms with Crippen LogP contribution < -0.4 is 9.47 Å². The molecule has 0 bridgehead atoms. The van der Waals surface area contributed by atoms with Gasteiger partial charge >= 0.3 is 0 Å². The first-order valence-corrected chi connectivity index (χ1v) is 13.6. The Bertz CT molecular complexity index is 1830. The van der Waals surface area contributed by atoms with Gasteiger partial charge in [0.15, 0.2) is 11.4 Å². The van der Waals surface area contributed by atoms with Crippen molar-refractivity contribution in [3.8, 4) is 68.6 Å². The first-order chi connectivity index (χ1) is 21.2. The molecule has 9 nitrogen and oxygen atoms in total. The summed E-state index contributed by atoms with van der Waals surface area (Å²) in [5.41, 5.74) is 6.59. The molecule has 0 aliphatic rings. The van der Waals surface area contributed by atoms with Crippen LogP contribution in [0.2, 0.25) is 0 Å². The Kier molecular flexibility index (Phi) is 6.73. The number of benzene rings is 4. The molecule has 7 aromatic rings. The van der Waals surface area contributed by atoms with E-state index in [-0.39, 0.29) is 0 Å². The van der Waals surface area contributed by atoms with Gasteiger partial charge in [-0.05, 0) is 84.9 Å². The minimum atomic E-state index is 0.291. The van der Waals surface area contributed by atoms with Crippen molar-refractivity contribution < 1.29 is 13.9 Å². The van der Waals surface area contributed by atoms with Gasteiger partial charge in [-0.3, -0.25) is 0 Å². The molecule has 0 aliphatic carbocycles. The number of nitrogens with zero attached hydrogens (tertiary/aromatic N) is 6. The fraction of sp³-hybridized carbons (Fsp3) is 0.0588. The van der Waals surface area contributed by atoms with Crippen LogP contribution in [0.3, 0.4) is 0 Å². The quantitative estimate of drug-likeness (QED) is 0.193. The Morgan fingerprint density at radius 2 is 0.907 bits per heavy atom. The van der Waals surface area contributed by atoms with Gasteiger partial charge in [0.2, 0.25) is 0 Å². The highest BCUT2D eigenvalue weighted by molar-refractivity contribution is 5.70. The van der Waals surface area contributed by atoms with Crippen LogP contribution in [0, 0.1) is 0 Å². The third-order valence-electron chi connectivity index (χ3n) is 7.06. The number of rotatable bonds is 8. The highest BCUT2D eigenvalue weighted by atomic mass is 16.5. The number of ether oxygens (including phenoxy) is 2. The largest absolute Gasteiger partial charge is 0.497 e. The maximum atomic E-state index is 6.20. The fourth-order valence-electron chi connectivity index (χ4n) is 4.87. The van der Waals surface area contributed by atoms with E-state index in [2.05, 4.69) is 10.2 Å². The summed E-state index contributed by atoms with van der Waals surface area (Å²) in [5, 5.41) is 18.4. The van der Waals surface area contributed by atoms with Gasteiger partial charge in [-0.1, -0.05) is 36.4 Å². The molecule has 7 rings (SSSR count). The predicted octanol–water partition coefficient (Wildman–Crippen LogP) is 7.13. The lowest BCUT2D eigenvalue weighted by Crippen LogP contribution is -1.99. The smallest absolute Gasteiger partial charge is 0.268 e. The van der Waals surface area contributed by atoms with Crippen LogP contribution in [0.15, 0.2) is 126 Å². The van der Waals surface area contributed by atoms with Crippen LogP contribution in [-0.4, -0.2) is 44.0 Å². The van der Waals surface area contributed by atoms with Crippen molar-refractivity contribution in [3.05, 3.63) is 121 Å². The second-order valence-electron chi connectivity index (χ2n) is 9.69. The number of aromatic nitrogens is 6. The molecule has 210 valence electrons. The second kappa shape index (κ2) is 11.1. The van der Waals surface area contributed by atoms with Crippen LogP contribution >= 0.6 is 0 Å². The maximum Gasteiger partial charge on any atom is 0.268 e. The third-order valence-corrected chi connectivity index (χ3v) is 7.06. The monoisotopic (exact) mass is 566 g/mol. The molecule has 0 amide bonds. The van der Waals surface area contributed by atoms with E-state index >= 15 is 0 Å². The zero-order valence-corrected chi connectivity index (χ0v) is 23.5. The topological polar surface area (TPSA) is 93.0 Å². The molecule has 4 aromatic carbocycles. The maximum absolute atomic E-state index is 6.20. The van der Waals surface area contributed by atoms with Gasteiger partial charge in [-0.15, -0.1) is 10.2 Å². The summed E-state index contributed by atoms with van der Waals surface area (Å²) in [6.45, 7) is 0. The SMILES string of the molecule is COc1ccc(-c2cc(-c3nnc(-c4cc(-c5ccc(OC)cc5)n(-c5ccccc5)n4)o3)nn2-c2ccccc2)cc1. The summed E-state index contributed by atoms with van der Waals surface area (Å²) >= 11 is 0. The Morgan fingerprint density at radius 1 is 0.512 bits per heavy atom. The summed E-state index contributed by atoms with van der Waals surface area (Å²) in [7, 11) is 3.30. The number of para-hydroxylation sites is 2. The van der Waals surface area contributed by atoms with Crippen molar-refractivity contribution in [3.63, 3.8) is 0 Å². The van der Waals surface area contributed by atoms with E-state index in [1.165, 1.54) is 0 Å². The van der Waals surface area contributed by atoms with Gasteiger partial charge in [0.25, 0.3) is 11.8 Å². The highest BCUT2D eigenvalue weighted by Crippen LogP contribution is 2.33. The summed E-state index contributed by atoms with van der Waals surface area (Å²) < 4.78 is 20.6. The van der Waals surface area contributed by atoms with Gasteiger partial charge in [0.1, 0.15) is 11.5 Å². The van der Waals surface area contributed by atoms with Gasteiger partial charge in [-0.2, -0.15) is 10.2 Å². The average Bonchev–Trinajstić information content (AvgIpc) is 3.84. The first kappa shape index (κ1) is 26.0. The first-order valence-electron chi connectivity index (χ1n) is 13.6. The number of hydrogen-bond donors (Lipinski definition) is 0. The summed E-state index contributed by atoms with van der Waals surface area (Å²) in [4.78, 5) is 0. The Balaban J connectivity index is 1.29. The molecule has 0 saturated heterocycles.